The molecule has 1 N–H and O–H groups in total. The van der Waals surface area contributed by atoms with Crippen LogP contribution >= 0.6 is 0 Å². The molecule has 6 heteroatoms. The maximum atomic E-state index is 12.3. The fraction of sp³-hybridized carbons (Fsp3) is 0.471. The van der Waals surface area contributed by atoms with E-state index in [0.29, 0.717) is 25.4 Å². The Bertz CT molecular complexity index is 649. The average Bonchev–Trinajstić information content (AvgIpc) is 3.10. The quantitative estimate of drug-likeness (QED) is 0.907. The number of amides is 1. The van der Waals surface area contributed by atoms with Gasteiger partial charge in [0.25, 0.3) is 0 Å². The van der Waals surface area contributed by atoms with Gasteiger partial charge in [0, 0.05) is 23.9 Å². The molecule has 2 aromatic heterocycles. The molecule has 2 atom stereocenters. The Morgan fingerprint density at radius 2 is 2.09 bits per heavy atom. The van der Waals surface area contributed by atoms with Crippen molar-refractivity contribution >= 4 is 5.91 Å². The molecule has 0 radical (unpaired) electrons. The number of hydrogen-bond acceptors (Lipinski definition) is 5. The van der Waals surface area contributed by atoms with E-state index < -0.39 is 0 Å². The van der Waals surface area contributed by atoms with Crippen molar-refractivity contribution in [2.24, 2.45) is 5.92 Å². The molecule has 0 saturated carbocycles. The lowest BCUT2D eigenvalue weighted by atomic mass is 9.95. The molecular formula is C17H21N3O3. The van der Waals surface area contributed by atoms with E-state index in [0.717, 1.165) is 17.7 Å². The van der Waals surface area contributed by atoms with Crippen LogP contribution in [0.25, 0.3) is 0 Å². The van der Waals surface area contributed by atoms with Crippen LogP contribution in [-0.2, 0) is 22.4 Å². The summed E-state index contributed by atoms with van der Waals surface area (Å²) >= 11 is 0. The molecule has 1 aliphatic rings. The van der Waals surface area contributed by atoms with Gasteiger partial charge in [0.2, 0.25) is 5.91 Å². The normalized spacial score (nSPS) is 20.6. The summed E-state index contributed by atoms with van der Waals surface area (Å²) in [4.78, 5) is 16.4. The first-order chi connectivity index (χ1) is 11.1. The number of ether oxygens (including phenoxy) is 1. The van der Waals surface area contributed by atoms with Crippen molar-refractivity contribution in [1.29, 1.82) is 0 Å². The SMILES string of the molecule is Cc1noc(C)c1CC(=O)N[C@H]1COC[C@H]1Cc1ccncc1. The molecule has 0 bridgehead atoms. The van der Waals surface area contributed by atoms with E-state index in [2.05, 4.69) is 15.5 Å². The first kappa shape index (κ1) is 15.7. The van der Waals surface area contributed by atoms with Crippen LogP contribution in [0.1, 0.15) is 22.6 Å². The van der Waals surface area contributed by atoms with Crippen molar-refractivity contribution in [2.75, 3.05) is 13.2 Å². The van der Waals surface area contributed by atoms with Crippen LogP contribution in [0.5, 0.6) is 0 Å². The van der Waals surface area contributed by atoms with Gasteiger partial charge in [-0.15, -0.1) is 0 Å². The third-order valence-corrected chi connectivity index (χ3v) is 4.31. The predicted octanol–water partition coefficient (Wildman–Crippen LogP) is 1.60. The van der Waals surface area contributed by atoms with Crippen LogP contribution in [-0.4, -0.2) is 35.3 Å². The van der Waals surface area contributed by atoms with Gasteiger partial charge < -0.3 is 14.6 Å². The molecule has 2 aromatic rings. The van der Waals surface area contributed by atoms with Crippen LogP contribution < -0.4 is 5.32 Å². The highest BCUT2D eigenvalue weighted by Gasteiger charge is 2.30. The van der Waals surface area contributed by atoms with E-state index in [9.17, 15) is 4.79 Å². The van der Waals surface area contributed by atoms with Crippen molar-refractivity contribution < 1.29 is 14.1 Å². The molecule has 122 valence electrons. The van der Waals surface area contributed by atoms with Gasteiger partial charge in [-0.05, 0) is 38.0 Å². The van der Waals surface area contributed by atoms with Crippen LogP contribution in [0.3, 0.4) is 0 Å². The minimum absolute atomic E-state index is 0.0189. The summed E-state index contributed by atoms with van der Waals surface area (Å²) < 4.78 is 10.7. The summed E-state index contributed by atoms with van der Waals surface area (Å²) in [6.45, 7) is 4.90. The van der Waals surface area contributed by atoms with E-state index in [1.807, 2.05) is 26.0 Å². The number of pyridine rings is 1. The third kappa shape index (κ3) is 3.76. The summed E-state index contributed by atoms with van der Waals surface area (Å²) in [6, 6.07) is 4.04. The minimum Gasteiger partial charge on any atom is -0.379 e. The van der Waals surface area contributed by atoms with E-state index in [-0.39, 0.29) is 17.9 Å². The summed E-state index contributed by atoms with van der Waals surface area (Å²) in [5.41, 5.74) is 2.85. The standard InChI is InChI=1S/C17H21N3O3/c1-11-15(12(2)23-20-11)8-17(21)19-16-10-22-9-14(16)7-13-3-5-18-6-4-13/h3-6,14,16H,7-10H2,1-2H3,(H,19,21)/t14-,16+/m1/s1. The average molecular weight is 315 g/mol. The number of aryl methyl sites for hydroxylation is 2. The van der Waals surface area contributed by atoms with Crippen LogP contribution in [0, 0.1) is 19.8 Å². The van der Waals surface area contributed by atoms with Gasteiger partial charge in [-0.1, -0.05) is 5.16 Å². The number of carbonyl (C=O) groups is 1. The van der Waals surface area contributed by atoms with Crippen LogP contribution in [0.4, 0.5) is 0 Å². The second-order valence-corrected chi connectivity index (χ2v) is 6.01. The maximum Gasteiger partial charge on any atom is 0.224 e. The molecule has 6 nitrogen and oxygen atoms in total. The van der Waals surface area contributed by atoms with E-state index in [1.165, 1.54) is 5.56 Å². The molecule has 0 spiro atoms. The van der Waals surface area contributed by atoms with E-state index in [1.54, 1.807) is 12.4 Å². The van der Waals surface area contributed by atoms with Crippen LogP contribution in [0.15, 0.2) is 29.0 Å². The number of nitrogens with one attached hydrogen (secondary N) is 1. The first-order valence-corrected chi connectivity index (χ1v) is 7.81. The molecule has 0 aromatic carbocycles. The maximum absolute atomic E-state index is 12.3. The number of rotatable bonds is 5. The number of hydrogen-bond donors (Lipinski definition) is 1. The van der Waals surface area contributed by atoms with Gasteiger partial charge in [0.1, 0.15) is 5.76 Å². The van der Waals surface area contributed by atoms with Gasteiger partial charge >= 0.3 is 0 Å². The highest BCUT2D eigenvalue weighted by molar-refractivity contribution is 5.79. The van der Waals surface area contributed by atoms with E-state index >= 15 is 0 Å². The number of carbonyl (C=O) groups excluding carboxylic acids is 1. The Hall–Kier alpha value is -2.21. The molecule has 0 unspecified atom stereocenters. The molecule has 1 fully saturated rings. The third-order valence-electron chi connectivity index (χ3n) is 4.31. The zero-order chi connectivity index (χ0) is 16.2. The molecule has 3 heterocycles. The highest BCUT2D eigenvalue weighted by atomic mass is 16.5. The summed E-state index contributed by atoms with van der Waals surface area (Å²) in [7, 11) is 0. The number of nitrogens with zero attached hydrogens (tertiary/aromatic N) is 2. The number of aromatic nitrogens is 2. The molecule has 1 saturated heterocycles. The predicted molar refractivity (Wildman–Crippen MR) is 83.9 cm³/mol. The Labute approximate surface area is 135 Å². The second kappa shape index (κ2) is 6.91. The van der Waals surface area contributed by atoms with Crippen molar-refractivity contribution in [3.05, 3.63) is 47.1 Å². The fourth-order valence-corrected chi connectivity index (χ4v) is 2.95. The van der Waals surface area contributed by atoms with Gasteiger partial charge in [0.15, 0.2) is 0 Å². The van der Waals surface area contributed by atoms with Gasteiger partial charge in [-0.3, -0.25) is 9.78 Å². The molecule has 0 aliphatic carbocycles. The van der Waals surface area contributed by atoms with Crippen molar-refractivity contribution in [3.8, 4) is 0 Å². The zero-order valence-corrected chi connectivity index (χ0v) is 13.4. The summed E-state index contributed by atoms with van der Waals surface area (Å²) in [6.07, 6.45) is 4.74. The smallest absolute Gasteiger partial charge is 0.224 e. The Morgan fingerprint density at radius 1 is 1.30 bits per heavy atom. The molecule has 23 heavy (non-hydrogen) atoms. The topological polar surface area (TPSA) is 77.2 Å². The van der Waals surface area contributed by atoms with Crippen molar-refractivity contribution in [2.45, 2.75) is 32.7 Å². The highest BCUT2D eigenvalue weighted by Crippen LogP contribution is 2.19. The molecule has 1 amide bonds. The van der Waals surface area contributed by atoms with Gasteiger partial charge in [-0.2, -0.15) is 0 Å². The van der Waals surface area contributed by atoms with Gasteiger partial charge in [0.05, 0.1) is 31.4 Å². The Balaban J connectivity index is 1.59. The molecule has 1 aliphatic heterocycles. The lowest BCUT2D eigenvalue weighted by molar-refractivity contribution is -0.121. The lowest BCUT2D eigenvalue weighted by Crippen LogP contribution is -2.41. The van der Waals surface area contributed by atoms with Crippen LogP contribution in [0.2, 0.25) is 0 Å². The second-order valence-electron chi connectivity index (χ2n) is 6.01. The summed E-state index contributed by atoms with van der Waals surface area (Å²) in [5.74, 6) is 0.967. The first-order valence-electron chi connectivity index (χ1n) is 7.81. The largest absolute Gasteiger partial charge is 0.379 e. The van der Waals surface area contributed by atoms with Gasteiger partial charge in [-0.25, -0.2) is 0 Å². The molecule has 3 rings (SSSR count). The van der Waals surface area contributed by atoms with Crippen molar-refractivity contribution in [1.82, 2.24) is 15.5 Å². The fourth-order valence-electron chi connectivity index (χ4n) is 2.95. The zero-order valence-electron chi connectivity index (χ0n) is 13.4. The Morgan fingerprint density at radius 3 is 2.78 bits per heavy atom. The molecular weight excluding hydrogens is 294 g/mol. The monoisotopic (exact) mass is 315 g/mol. The van der Waals surface area contributed by atoms with E-state index in [4.69, 9.17) is 9.26 Å². The minimum atomic E-state index is -0.0189. The summed E-state index contributed by atoms with van der Waals surface area (Å²) in [5, 5.41) is 6.98. The lowest BCUT2D eigenvalue weighted by Gasteiger charge is -2.19. The Kier molecular flexibility index (Phi) is 4.71. The van der Waals surface area contributed by atoms with Crippen molar-refractivity contribution in [3.63, 3.8) is 0 Å².